The molecule has 0 heterocycles. The Morgan fingerprint density at radius 3 is 2.35 bits per heavy atom. The largest absolute Gasteiger partial charge is 0.368 e. The second-order valence-electron chi connectivity index (χ2n) is 4.70. The van der Waals surface area contributed by atoms with E-state index < -0.39 is 11.9 Å². The van der Waals surface area contributed by atoms with Gasteiger partial charge >= 0.3 is 0 Å². The summed E-state index contributed by atoms with van der Waals surface area (Å²) in [6.45, 7) is 2.03. The monoisotopic (exact) mass is 284 g/mol. The summed E-state index contributed by atoms with van der Waals surface area (Å²) < 4.78 is 0. The van der Waals surface area contributed by atoms with Crippen molar-refractivity contribution in [2.45, 2.75) is 13.0 Å². The molecule has 0 saturated carbocycles. The zero-order valence-electron chi connectivity index (χ0n) is 11.2. The Bertz CT molecular complexity index is 650. The SMILES string of the molecule is Cc1ccc(C(=S)c2cccc(C(N)C(N)=O)c2)cc1. The summed E-state index contributed by atoms with van der Waals surface area (Å²) in [5.41, 5.74) is 14.7. The van der Waals surface area contributed by atoms with Gasteiger partial charge in [0.2, 0.25) is 5.91 Å². The smallest absolute Gasteiger partial charge is 0.238 e. The van der Waals surface area contributed by atoms with Crippen molar-refractivity contribution in [2.24, 2.45) is 11.5 Å². The maximum absolute atomic E-state index is 11.2. The molecule has 0 saturated heterocycles. The number of primary amides is 1. The van der Waals surface area contributed by atoms with E-state index >= 15 is 0 Å². The summed E-state index contributed by atoms with van der Waals surface area (Å²) in [6.07, 6.45) is 0. The molecule has 0 aliphatic rings. The molecule has 0 aliphatic carbocycles. The first kappa shape index (κ1) is 14.4. The number of carbonyl (C=O) groups excluding carboxylic acids is 1. The average molecular weight is 284 g/mol. The highest BCUT2D eigenvalue weighted by Gasteiger charge is 2.13. The van der Waals surface area contributed by atoms with Gasteiger partial charge < -0.3 is 11.5 Å². The molecule has 0 spiro atoms. The van der Waals surface area contributed by atoms with Gasteiger partial charge in [0.1, 0.15) is 6.04 Å². The molecule has 1 atom stereocenters. The van der Waals surface area contributed by atoms with Gasteiger partial charge in [-0.3, -0.25) is 4.79 Å². The maximum atomic E-state index is 11.2. The van der Waals surface area contributed by atoms with Gasteiger partial charge in [0.25, 0.3) is 0 Å². The van der Waals surface area contributed by atoms with Crippen molar-refractivity contribution < 1.29 is 4.79 Å². The minimum absolute atomic E-state index is 0.552. The fourth-order valence-electron chi connectivity index (χ4n) is 1.91. The van der Waals surface area contributed by atoms with Gasteiger partial charge in [-0.25, -0.2) is 0 Å². The lowest BCUT2D eigenvalue weighted by Gasteiger charge is -2.11. The third kappa shape index (κ3) is 3.10. The third-order valence-electron chi connectivity index (χ3n) is 3.13. The molecule has 1 amide bonds. The quantitative estimate of drug-likeness (QED) is 0.668. The lowest BCUT2D eigenvalue weighted by atomic mass is 9.99. The molecule has 2 aromatic carbocycles. The summed E-state index contributed by atoms with van der Waals surface area (Å²) in [6, 6.07) is 14.5. The van der Waals surface area contributed by atoms with Gasteiger partial charge in [-0.1, -0.05) is 60.2 Å². The van der Waals surface area contributed by atoms with Crippen molar-refractivity contribution in [1.82, 2.24) is 0 Å². The van der Waals surface area contributed by atoms with Crippen molar-refractivity contribution in [3.8, 4) is 0 Å². The Labute approximate surface area is 123 Å². The van der Waals surface area contributed by atoms with Gasteiger partial charge in [-0.2, -0.15) is 0 Å². The van der Waals surface area contributed by atoms with Crippen LogP contribution in [0.3, 0.4) is 0 Å². The van der Waals surface area contributed by atoms with E-state index in [0.717, 1.165) is 16.0 Å². The summed E-state index contributed by atoms with van der Waals surface area (Å²) in [5.74, 6) is -0.552. The van der Waals surface area contributed by atoms with Gasteiger partial charge in [0, 0.05) is 0 Å². The predicted molar refractivity (Wildman–Crippen MR) is 84.5 cm³/mol. The average Bonchev–Trinajstić information content (AvgIpc) is 2.46. The van der Waals surface area contributed by atoms with Crippen LogP contribution in [0.4, 0.5) is 0 Å². The van der Waals surface area contributed by atoms with E-state index in [-0.39, 0.29) is 0 Å². The highest BCUT2D eigenvalue weighted by atomic mass is 32.1. The number of benzene rings is 2. The predicted octanol–water partition coefficient (Wildman–Crippen LogP) is 2.25. The Morgan fingerprint density at radius 1 is 1.10 bits per heavy atom. The first-order chi connectivity index (χ1) is 9.49. The minimum atomic E-state index is -0.809. The molecule has 4 heteroatoms. The van der Waals surface area contributed by atoms with E-state index in [1.165, 1.54) is 5.56 Å². The number of hydrogen-bond acceptors (Lipinski definition) is 3. The fraction of sp³-hybridized carbons (Fsp3) is 0.125. The van der Waals surface area contributed by atoms with E-state index in [1.54, 1.807) is 6.07 Å². The molecule has 102 valence electrons. The van der Waals surface area contributed by atoms with Crippen LogP contribution in [0, 0.1) is 6.92 Å². The van der Waals surface area contributed by atoms with E-state index in [9.17, 15) is 4.79 Å². The Kier molecular flexibility index (Phi) is 4.27. The van der Waals surface area contributed by atoms with Gasteiger partial charge in [0.15, 0.2) is 0 Å². The summed E-state index contributed by atoms with van der Waals surface area (Å²) in [7, 11) is 0. The lowest BCUT2D eigenvalue weighted by Crippen LogP contribution is -2.28. The van der Waals surface area contributed by atoms with Crippen LogP contribution < -0.4 is 11.5 Å². The molecule has 0 fully saturated rings. The van der Waals surface area contributed by atoms with Crippen LogP contribution in [-0.4, -0.2) is 10.8 Å². The number of rotatable bonds is 4. The van der Waals surface area contributed by atoms with Crippen molar-refractivity contribution in [3.63, 3.8) is 0 Å². The molecule has 2 rings (SSSR count). The Morgan fingerprint density at radius 2 is 1.75 bits per heavy atom. The molecule has 3 nitrogen and oxygen atoms in total. The molecule has 0 bridgehead atoms. The molecule has 4 N–H and O–H groups in total. The first-order valence-electron chi connectivity index (χ1n) is 6.25. The van der Waals surface area contributed by atoms with E-state index in [4.69, 9.17) is 23.7 Å². The van der Waals surface area contributed by atoms with Crippen LogP contribution in [0.2, 0.25) is 0 Å². The van der Waals surface area contributed by atoms with Crippen molar-refractivity contribution >= 4 is 23.0 Å². The fourth-order valence-corrected chi connectivity index (χ4v) is 2.17. The Hall–Kier alpha value is -2.04. The highest BCUT2D eigenvalue weighted by Crippen LogP contribution is 2.17. The number of nitrogens with two attached hydrogens (primary N) is 2. The molecule has 0 aliphatic heterocycles. The molecule has 2 aromatic rings. The van der Waals surface area contributed by atoms with Crippen LogP contribution in [0.1, 0.15) is 28.3 Å². The van der Waals surface area contributed by atoms with Crippen LogP contribution in [0.15, 0.2) is 48.5 Å². The van der Waals surface area contributed by atoms with Gasteiger partial charge in [0.05, 0.1) is 4.86 Å². The topological polar surface area (TPSA) is 69.1 Å². The standard InChI is InChI=1S/C16H16N2OS/c1-10-5-7-11(8-6-10)15(20)13-4-2-3-12(9-13)14(17)16(18)19/h2-9,14H,17H2,1H3,(H2,18,19). The molecule has 0 aromatic heterocycles. The van der Waals surface area contributed by atoms with Crippen molar-refractivity contribution in [1.29, 1.82) is 0 Å². The highest BCUT2D eigenvalue weighted by molar-refractivity contribution is 7.81. The summed E-state index contributed by atoms with van der Waals surface area (Å²) >= 11 is 5.49. The molecular weight excluding hydrogens is 268 g/mol. The van der Waals surface area contributed by atoms with Crippen molar-refractivity contribution in [2.75, 3.05) is 0 Å². The zero-order valence-corrected chi connectivity index (χ0v) is 12.0. The normalized spacial score (nSPS) is 11.9. The number of hydrogen-bond donors (Lipinski definition) is 2. The second kappa shape index (κ2) is 5.94. The maximum Gasteiger partial charge on any atom is 0.238 e. The zero-order chi connectivity index (χ0) is 14.7. The van der Waals surface area contributed by atoms with E-state index in [2.05, 4.69) is 0 Å². The van der Waals surface area contributed by atoms with Crippen LogP contribution in [-0.2, 0) is 4.79 Å². The minimum Gasteiger partial charge on any atom is -0.368 e. The second-order valence-corrected chi connectivity index (χ2v) is 5.11. The third-order valence-corrected chi connectivity index (χ3v) is 3.60. The lowest BCUT2D eigenvalue weighted by molar-refractivity contribution is -0.119. The van der Waals surface area contributed by atoms with E-state index in [0.29, 0.717) is 5.56 Å². The summed E-state index contributed by atoms with van der Waals surface area (Å²) in [5, 5.41) is 0. The van der Waals surface area contributed by atoms with E-state index in [1.807, 2.05) is 49.4 Å². The number of aryl methyl sites for hydroxylation is 1. The van der Waals surface area contributed by atoms with Crippen LogP contribution in [0.25, 0.3) is 0 Å². The molecule has 0 radical (unpaired) electrons. The van der Waals surface area contributed by atoms with Gasteiger partial charge in [-0.15, -0.1) is 0 Å². The molecule has 1 unspecified atom stereocenters. The first-order valence-corrected chi connectivity index (χ1v) is 6.66. The number of thiocarbonyl (C=S) groups is 1. The van der Waals surface area contributed by atoms with Crippen LogP contribution in [0.5, 0.6) is 0 Å². The molecular formula is C16H16N2OS. The summed E-state index contributed by atoms with van der Waals surface area (Å²) in [4.78, 5) is 11.9. The number of carbonyl (C=O) groups is 1. The van der Waals surface area contributed by atoms with Gasteiger partial charge in [-0.05, 0) is 29.7 Å². The Balaban J connectivity index is 2.33. The van der Waals surface area contributed by atoms with Crippen molar-refractivity contribution in [3.05, 3.63) is 70.8 Å². The molecule has 20 heavy (non-hydrogen) atoms. The van der Waals surface area contributed by atoms with Crippen LogP contribution >= 0.6 is 12.2 Å². The number of amides is 1.